The molecule has 0 unspecified atom stereocenters. The number of nitrogens with zero attached hydrogens (tertiary/aromatic N) is 1. The number of rotatable bonds is 5. The minimum absolute atomic E-state index is 0.185. The smallest absolute Gasteiger partial charge is 0.255 e. The van der Waals surface area contributed by atoms with E-state index in [9.17, 15) is 18.0 Å². The van der Waals surface area contributed by atoms with Crippen LogP contribution in [0.2, 0.25) is 0 Å². The average molecular weight is 416 g/mol. The summed E-state index contributed by atoms with van der Waals surface area (Å²) in [6, 6.07) is 10.7. The van der Waals surface area contributed by atoms with Crippen molar-refractivity contribution in [3.05, 3.63) is 59.2 Å². The van der Waals surface area contributed by atoms with E-state index in [1.165, 1.54) is 28.6 Å². The summed E-state index contributed by atoms with van der Waals surface area (Å²) in [5.74, 6) is -0.361. The number of carbonyl (C=O) groups is 2. The lowest BCUT2D eigenvalue weighted by Crippen LogP contribution is -2.37. The Bertz CT molecular complexity index is 1020. The van der Waals surface area contributed by atoms with Crippen molar-refractivity contribution in [2.75, 3.05) is 18.4 Å². The lowest BCUT2D eigenvalue weighted by atomic mass is 10.0. The number of benzene rings is 2. The zero-order chi connectivity index (χ0) is 21.2. The highest BCUT2D eigenvalue weighted by Crippen LogP contribution is 2.24. The molecule has 1 heterocycles. The fraction of sp³-hybridized carbons (Fsp3) is 0.333. The molecule has 0 atom stereocenters. The maximum Gasteiger partial charge on any atom is 0.255 e. The highest BCUT2D eigenvalue weighted by atomic mass is 32.2. The topological polar surface area (TPSA) is 110 Å². The molecule has 0 aromatic heterocycles. The molecule has 2 amide bonds. The lowest BCUT2D eigenvalue weighted by molar-refractivity contribution is 0.0997. The summed E-state index contributed by atoms with van der Waals surface area (Å²) in [6.45, 7) is 4.90. The Labute approximate surface area is 171 Å². The minimum atomic E-state index is -3.55. The van der Waals surface area contributed by atoms with Gasteiger partial charge in [0.2, 0.25) is 15.9 Å². The van der Waals surface area contributed by atoms with Crippen LogP contribution in [0.15, 0.2) is 47.4 Å². The fourth-order valence-corrected chi connectivity index (χ4v) is 4.84. The van der Waals surface area contributed by atoms with E-state index in [-0.39, 0.29) is 10.8 Å². The average Bonchev–Trinajstić information content (AvgIpc) is 2.68. The predicted molar refractivity (Wildman–Crippen MR) is 111 cm³/mol. The van der Waals surface area contributed by atoms with Crippen molar-refractivity contribution in [2.24, 2.45) is 11.7 Å². The van der Waals surface area contributed by atoms with Gasteiger partial charge in [-0.15, -0.1) is 0 Å². The third-order valence-electron chi connectivity index (χ3n) is 5.25. The van der Waals surface area contributed by atoms with Crippen LogP contribution >= 0.6 is 0 Å². The molecule has 3 N–H and O–H groups in total. The van der Waals surface area contributed by atoms with Crippen LogP contribution in [0.3, 0.4) is 0 Å². The van der Waals surface area contributed by atoms with E-state index in [1.54, 1.807) is 25.1 Å². The summed E-state index contributed by atoms with van der Waals surface area (Å²) >= 11 is 0. The number of amides is 2. The van der Waals surface area contributed by atoms with Gasteiger partial charge in [0.15, 0.2) is 0 Å². The number of hydrogen-bond acceptors (Lipinski definition) is 4. The molecule has 0 bridgehead atoms. The van der Waals surface area contributed by atoms with Gasteiger partial charge >= 0.3 is 0 Å². The monoisotopic (exact) mass is 415 g/mol. The predicted octanol–water partition coefficient (Wildman–Crippen LogP) is 2.77. The second-order valence-electron chi connectivity index (χ2n) is 7.46. The Morgan fingerprint density at radius 1 is 1.07 bits per heavy atom. The highest BCUT2D eigenvalue weighted by molar-refractivity contribution is 7.89. The first kappa shape index (κ1) is 21.0. The molecule has 1 fully saturated rings. The number of anilines is 1. The molecule has 7 nitrogen and oxygen atoms in total. The van der Waals surface area contributed by atoms with E-state index in [4.69, 9.17) is 5.73 Å². The van der Waals surface area contributed by atoms with E-state index in [0.29, 0.717) is 41.4 Å². The van der Waals surface area contributed by atoms with Gasteiger partial charge in [0.05, 0.1) is 4.90 Å². The SMILES string of the molecule is Cc1cc(NC(=O)c2ccc(S(=O)(=O)N3CCC(C)CC3)cc2)ccc1C(N)=O. The fourth-order valence-electron chi connectivity index (χ4n) is 3.37. The second-order valence-corrected chi connectivity index (χ2v) is 9.40. The van der Waals surface area contributed by atoms with E-state index < -0.39 is 15.9 Å². The Kier molecular flexibility index (Phi) is 6.04. The third kappa shape index (κ3) is 4.65. The van der Waals surface area contributed by atoms with Crippen LogP contribution in [-0.2, 0) is 10.0 Å². The minimum Gasteiger partial charge on any atom is -0.366 e. The highest BCUT2D eigenvalue weighted by Gasteiger charge is 2.28. The van der Waals surface area contributed by atoms with Crippen molar-refractivity contribution >= 4 is 27.5 Å². The molecule has 1 aliphatic rings. The molecular weight excluding hydrogens is 390 g/mol. The zero-order valence-electron chi connectivity index (χ0n) is 16.5. The standard InChI is InChI=1S/C21H25N3O4S/c1-14-9-11-24(12-10-14)29(27,28)18-6-3-16(4-7-18)21(26)23-17-5-8-19(20(22)25)15(2)13-17/h3-8,13-14H,9-12H2,1-2H3,(H2,22,25)(H,23,26). The largest absolute Gasteiger partial charge is 0.366 e. The number of piperidine rings is 1. The summed E-state index contributed by atoms with van der Waals surface area (Å²) in [4.78, 5) is 24.0. The molecule has 0 aliphatic carbocycles. The molecule has 2 aromatic rings. The van der Waals surface area contributed by atoms with Crippen molar-refractivity contribution < 1.29 is 18.0 Å². The van der Waals surface area contributed by atoms with Gasteiger partial charge in [-0.05, 0) is 73.7 Å². The van der Waals surface area contributed by atoms with Crippen LogP contribution in [0.4, 0.5) is 5.69 Å². The normalized spacial score (nSPS) is 15.8. The van der Waals surface area contributed by atoms with Crippen LogP contribution in [-0.4, -0.2) is 37.6 Å². The summed E-state index contributed by atoms with van der Waals surface area (Å²) < 4.78 is 27.1. The number of carbonyl (C=O) groups excluding carboxylic acids is 2. The van der Waals surface area contributed by atoms with Gasteiger partial charge in [-0.2, -0.15) is 4.31 Å². The quantitative estimate of drug-likeness (QED) is 0.782. The zero-order valence-corrected chi connectivity index (χ0v) is 17.3. The van der Waals surface area contributed by atoms with Gasteiger partial charge in [0, 0.05) is 29.9 Å². The van der Waals surface area contributed by atoms with Crippen molar-refractivity contribution in [3.63, 3.8) is 0 Å². The Hall–Kier alpha value is -2.71. The van der Waals surface area contributed by atoms with Gasteiger partial charge in [-0.3, -0.25) is 9.59 Å². The summed E-state index contributed by atoms with van der Waals surface area (Å²) in [6.07, 6.45) is 1.71. The van der Waals surface area contributed by atoms with Crippen LogP contribution in [0.5, 0.6) is 0 Å². The van der Waals surface area contributed by atoms with E-state index in [2.05, 4.69) is 12.2 Å². The Morgan fingerprint density at radius 2 is 1.69 bits per heavy atom. The molecule has 8 heteroatoms. The number of aryl methyl sites for hydroxylation is 1. The number of nitrogens with two attached hydrogens (primary N) is 1. The molecular formula is C21H25N3O4S. The molecule has 29 heavy (non-hydrogen) atoms. The molecule has 1 aliphatic heterocycles. The Balaban J connectivity index is 1.72. The first-order chi connectivity index (χ1) is 13.7. The lowest BCUT2D eigenvalue weighted by Gasteiger charge is -2.29. The molecule has 0 radical (unpaired) electrons. The number of sulfonamides is 1. The molecule has 154 valence electrons. The van der Waals surface area contributed by atoms with Crippen LogP contribution in [0, 0.1) is 12.8 Å². The van der Waals surface area contributed by atoms with Gasteiger partial charge in [0.25, 0.3) is 5.91 Å². The maximum absolute atomic E-state index is 12.8. The van der Waals surface area contributed by atoms with Crippen molar-refractivity contribution in [1.82, 2.24) is 4.31 Å². The van der Waals surface area contributed by atoms with E-state index in [0.717, 1.165) is 12.8 Å². The van der Waals surface area contributed by atoms with Crippen LogP contribution < -0.4 is 11.1 Å². The first-order valence-electron chi connectivity index (χ1n) is 9.50. The second kappa shape index (κ2) is 8.34. The third-order valence-corrected chi connectivity index (χ3v) is 7.16. The molecule has 3 rings (SSSR count). The number of nitrogens with one attached hydrogen (secondary N) is 1. The number of primary amides is 1. The Morgan fingerprint density at radius 3 is 2.24 bits per heavy atom. The summed E-state index contributed by atoms with van der Waals surface area (Å²) in [5.41, 5.74) is 7.21. The van der Waals surface area contributed by atoms with E-state index in [1.807, 2.05) is 0 Å². The van der Waals surface area contributed by atoms with Crippen LogP contribution in [0.25, 0.3) is 0 Å². The van der Waals surface area contributed by atoms with Crippen molar-refractivity contribution in [3.8, 4) is 0 Å². The van der Waals surface area contributed by atoms with Gasteiger partial charge in [-0.25, -0.2) is 8.42 Å². The summed E-state index contributed by atoms with van der Waals surface area (Å²) in [7, 11) is -3.55. The van der Waals surface area contributed by atoms with Gasteiger partial charge in [0.1, 0.15) is 0 Å². The molecule has 0 saturated carbocycles. The van der Waals surface area contributed by atoms with Crippen molar-refractivity contribution in [1.29, 1.82) is 0 Å². The van der Waals surface area contributed by atoms with Crippen LogP contribution in [0.1, 0.15) is 46.0 Å². The summed E-state index contributed by atoms with van der Waals surface area (Å²) in [5, 5.41) is 2.74. The first-order valence-corrected chi connectivity index (χ1v) is 10.9. The molecule has 2 aromatic carbocycles. The maximum atomic E-state index is 12.8. The van der Waals surface area contributed by atoms with E-state index >= 15 is 0 Å². The van der Waals surface area contributed by atoms with Gasteiger partial charge in [-0.1, -0.05) is 6.92 Å². The molecule has 1 saturated heterocycles. The number of hydrogen-bond donors (Lipinski definition) is 2. The van der Waals surface area contributed by atoms with Gasteiger partial charge < -0.3 is 11.1 Å². The van der Waals surface area contributed by atoms with Crippen molar-refractivity contribution in [2.45, 2.75) is 31.6 Å². The molecule has 0 spiro atoms.